The van der Waals surface area contributed by atoms with Gasteiger partial charge in [0.2, 0.25) is 5.91 Å². The van der Waals surface area contributed by atoms with E-state index in [0.717, 1.165) is 42.4 Å². The Labute approximate surface area is 112 Å². The van der Waals surface area contributed by atoms with Crippen molar-refractivity contribution in [3.05, 3.63) is 36.2 Å². The summed E-state index contributed by atoms with van der Waals surface area (Å²) >= 11 is 0. The first-order valence-electron chi connectivity index (χ1n) is 6.81. The summed E-state index contributed by atoms with van der Waals surface area (Å²) in [5.74, 6) is 0.168. The predicted octanol–water partition coefficient (Wildman–Crippen LogP) is 2.23. The topological polar surface area (TPSA) is 54.9 Å². The zero-order valence-electron chi connectivity index (χ0n) is 10.8. The SMILES string of the molecule is O=C(CCCc1ccc2cccnc2n1)NC1CC1. The molecule has 1 aliphatic carbocycles. The molecule has 0 spiro atoms. The van der Waals surface area contributed by atoms with Crippen LogP contribution >= 0.6 is 0 Å². The van der Waals surface area contributed by atoms with E-state index in [9.17, 15) is 4.79 Å². The van der Waals surface area contributed by atoms with Crippen molar-refractivity contribution in [3.63, 3.8) is 0 Å². The lowest BCUT2D eigenvalue weighted by Gasteiger charge is -2.04. The summed E-state index contributed by atoms with van der Waals surface area (Å²) in [6.45, 7) is 0. The molecule has 2 aromatic heterocycles. The number of amides is 1. The number of nitrogens with zero attached hydrogens (tertiary/aromatic N) is 2. The third-order valence-corrected chi connectivity index (χ3v) is 3.30. The molecule has 0 unspecified atom stereocenters. The standard InChI is InChI=1S/C15H17N3O/c19-14(17-13-8-9-13)5-1-4-12-7-6-11-3-2-10-16-15(11)18-12/h2-3,6-7,10,13H,1,4-5,8-9H2,(H,17,19). The van der Waals surface area contributed by atoms with Gasteiger partial charge in [0.15, 0.2) is 5.65 Å². The second-order valence-corrected chi connectivity index (χ2v) is 5.05. The fourth-order valence-electron chi connectivity index (χ4n) is 2.09. The van der Waals surface area contributed by atoms with Gasteiger partial charge in [-0.15, -0.1) is 0 Å². The van der Waals surface area contributed by atoms with E-state index < -0.39 is 0 Å². The van der Waals surface area contributed by atoms with E-state index in [1.54, 1.807) is 6.20 Å². The number of carbonyl (C=O) groups excluding carboxylic acids is 1. The summed E-state index contributed by atoms with van der Waals surface area (Å²) in [6, 6.07) is 8.42. The Hall–Kier alpha value is -1.97. The van der Waals surface area contributed by atoms with Crippen molar-refractivity contribution >= 4 is 16.9 Å². The van der Waals surface area contributed by atoms with Gasteiger partial charge in [-0.3, -0.25) is 4.79 Å². The minimum atomic E-state index is 0.168. The van der Waals surface area contributed by atoms with Crippen molar-refractivity contribution in [2.24, 2.45) is 0 Å². The van der Waals surface area contributed by atoms with Gasteiger partial charge in [-0.05, 0) is 49.9 Å². The molecule has 1 aliphatic rings. The zero-order valence-corrected chi connectivity index (χ0v) is 10.8. The van der Waals surface area contributed by atoms with Crippen LogP contribution in [0.1, 0.15) is 31.4 Å². The molecular weight excluding hydrogens is 238 g/mol. The molecule has 3 rings (SSSR count). The Bertz CT molecular complexity index is 593. The predicted molar refractivity (Wildman–Crippen MR) is 73.6 cm³/mol. The lowest BCUT2D eigenvalue weighted by atomic mass is 10.1. The first-order valence-corrected chi connectivity index (χ1v) is 6.81. The fraction of sp³-hybridized carbons (Fsp3) is 0.400. The number of carbonyl (C=O) groups is 1. The largest absolute Gasteiger partial charge is 0.353 e. The lowest BCUT2D eigenvalue weighted by Crippen LogP contribution is -2.25. The van der Waals surface area contributed by atoms with Crippen LogP contribution in [0.4, 0.5) is 0 Å². The summed E-state index contributed by atoms with van der Waals surface area (Å²) in [6.07, 6.45) is 6.28. The van der Waals surface area contributed by atoms with Gasteiger partial charge in [-0.2, -0.15) is 0 Å². The molecule has 2 aromatic rings. The minimum absolute atomic E-state index is 0.168. The van der Waals surface area contributed by atoms with Crippen LogP contribution < -0.4 is 5.32 Å². The molecule has 0 aliphatic heterocycles. The van der Waals surface area contributed by atoms with E-state index in [1.807, 2.05) is 24.3 Å². The Morgan fingerprint density at radius 1 is 1.32 bits per heavy atom. The second-order valence-electron chi connectivity index (χ2n) is 5.05. The molecule has 4 heteroatoms. The van der Waals surface area contributed by atoms with Gasteiger partial charge in [0, 0.05) is 29.7 Å². The highest BCUT2D eigenvalue weighted by Crippen LogP contribution is 2.19. The van der Waals surface area contributed by atoms with Gasteiger partial charge in [0.05, 0.1) is 0 Å². The molecule has 1 saturated carbocycles. The molecule has 0 saturated heterocycles. The van der Waals surface area contributed by atoms with Crippen LogP contribution in [-0.2, 0) is 11.2 Å². The molecule has 1 amide bonds. The van der Waals surface area contributed by atoms with Crippen LogP contribution in [0.5, 0.6) is 0 Å². The highest BCUT2D eigenvalue weighted by atomic mass is 16.1. The van der Waals surface area contributed by atoms with E-state index in [1.165, 1.54) is 0 Å². The highest BCUT2D eigenvalue weighted by molar-refractivity contribution is 5.76. The molecule has 2 heterocycles. The maximum Gasteiger partial charge on any atom is 0.220 e. The van der Waals surface area contributed by atoms with Crippen LogP contribution in [0.2, 0.25) is 0 Å². The molecule has 1 fully saturated rings. The molecule has 0 atom stereocenters. The summed E-state index contributed by atoms with van der Waals surface area (Å²) in [5.41, 5.74) is 1.79. The van der Waals surface area contributed by atoms with Crippen molar-refractivity contribution in [1.29, 1.82) is 0 Å². The van der Waals surface area contributed by atoms with E-state index in [0.29, 0.717) is 12.5 Å². The van der Waals surface area contributed by atoms with Gasteiger partial charge >= 0.3 is 0 Å². The zero-order chi connectivity index (χ0) is 13.1. The number of pyridine rings is 2. The molecule has 0 bridgehead atoms. The Morgan fingerprint density at radius 2 is 2.21 bits per heavy atom. The first-order chi connectivity index (χ1) is 9.31. The van der Waals surface area contributed by atoms with Crippen molar-refractivity contribution in [2.75, 3.05) is 0 Å². The molecule has 98 valence electrons. The third-order valence-electron chi connectivity index (χ3n) is 3.30. The molecule has 4 nitrogen and oxygen atoms in total. The average molecular weight is 255 g/mol. The van der Waals surface area contributed by atoms with Crippen molar-refractivity contribution in [2.45, 2.75) is 38.1 Å². The van der Waals surface area contributed by atoms with Gasteiger partial charge in [-0.25, -0.2) is 9.97 Å². The Kier molecular flexibility index (Phi) is 3.40. The third kappa shape index (κ3) is 3.28. The van der Waals surface area contributed by atoms with Crippen LogP contribution in [0, 0.1) is 0 Å². The first kappa shape index (κ1) is 12.1. The number of aryl methyl sites for hydroxylation is 1. The Balaban J connectivity index is 1.54. The number of hydrogen-bond donors (Lipinski definition) is 1. The number of hydrogen-bond acceptors (Lipinski definition) is 3. The molecule has 0 aromatic carbocycles. The van der Waals surface area contributed by atoms with Crippen LogP contribution in [0.3, 0.4) is 0 Å². The van der Waals surface area contributed by atoms with Crippen molar-refractivity contribution in [3.8, 4) is 0 Å². The van der Waals surface area contributed by atoms with Gasteiger partial charge in [0.25, 0.3) is 0 Å². The minimum Gasteiger partial charge on any atom is -0.353 e. The number of rotatable bonds is 5. The fourth-order valence-corrected chi connectivity index (χ4v) is 2.09. The summed E-state index contributed by atoms with van der Waals surface area (Å²) < 4.78 is 0. The van der Waals surface area contributed by atoms with E-state index in [-0.39, 0.29) is 5.91 Å². The maximum atomic E-state index is 11.6. The monoisotopic (exact) mass is 255 g/mol. The number of nitrogens with one attached hydrogen (secondary N) is 1. The molecule has 1 N–H and O–H groups in total. The summed E-state index contributed by atoms with van der Waals surface area (Å²) in [7, 11) is 0. The average Bonchev–Trinajstić information content (AvgIpc) is 3.22. The van der Waals surface area contributed by atoms with Gasteiger partial charge in [-0.1, -0.05) is 0 Å². The van der Waals surface area contributed by atoms with E-state index >= 15 is 0 Å². The Morgan fingerprint density at radius 3 is 3.05 bits per heavy atom. The quantitative estimate of drug-likeness (QED) is 0.891. The van der Waals surface area contributed by atoms with Crippen molar-refractivity contribution in [1.82, 2.24) is 15.3 Å². The van der Waals surface area contributed by atoms with Gasteiger partial charge in [0.1, 0.15) is 0 Å². The summed E-state index contributed by atoms with van der Waals surface area (Å²) in [5, 5.41) is 4.05. The maximum absolute atomic E-state index is 11.6. The normalized spacial score (nSPS) is 14.5. The summed E-state index contributed by atoms with van der Waals surface area (Å²) in [4.78, 5) is 20.3. The highest BCUT2D eigenvalue weighted by Gasteiger charge is 2.22. The van der Waals surface area contributed by atoms with Crippen molar-refractivity contribution < 1.29 is 4.79 Å². The van der Waals surface area contributed by atoms with Gasteiger partial charge < -0.3 is 5.32 Å². The molecular formula is C15H17N3O. The lowest BCUT2D eigenvalue weighted by molar-refractivity contribution is -0.121. The second kappa shape index (κ2) is 5.34. The van der Waals surface area contributed by atoms with Crippen LogP contribution in [0.15, 0.2) is 30.5 Å². The van der Waals surface area contributed by atoms with E-state index in [2.05, 4.69) is 15.3 Å². The molecule has 19 heavy (non-hydrogen) atoms. The van der Waals surface area contributed by atoms with Crippen LogP contribution in [-0.4, -0.2) is 21.9 Å². The van der Waals surface area contributed by atoms with E-state index in [4.69, 9.17) is 0 Å². The van der Waals surface area contributed by atoms with Crippen LogP contribution in [0.25, 0.3) is 11.0 Å². The smallest absolute Gasteiger partial charge is 0.220 e. The number of fused-ring (bicyclic) bond motifs is 1. The molecule has 0 radical (unpaired) electrons. The number of aromatic nitrogens is 2.